The summed E-state index contributed by atoms with van der Waals surface area (Å²) in [6.07, 6.45) is 5.69. The van der Waals surface area contributed by atoms with E-state index in [1.54, 1.807) is 41.3 Å². The summed E-state index contributed by atoms with van der Waals surface area (Å²) in [7, 11) is -1.78. The second kappa shape index (κ2) is 10.4. The van der Waals surface area contributed by atoms with Crippen molar-refractivity contribution >= 4 is 26.9 Å². The molecule has 0 amide bonds. The molecule has 1 aliphatic heterocycles. The lowest BCUT2D eigenvalue weighted by atomic mass is 10.0. The number of aromatic nitrogens is 4. The summed E-state index contributed by atoms with van der Waals surface area (Å²) in [5.74, 6) is -2.55. The molecule has 4 heterocycles. The topological polar surface area (TPSA) is 84.2 Å². The highest BCUT2D eigenvalue weighted by Crippen LogP contribution is 2.31. The number of halogens is 2. The smallest absolute Gasteiger partial charge is 0.302 e. The highest BCUT2D eigenvalue weighted by molar-refractivity contribution is 7.89. The van der Waals surface area contributed by atoms with E-state index in [1.807, 2.05) is 24.9 Å². The van der Waals surface area contributed by atoms with E-state index >= 15 is 0 Å². The van der Waals surface area contributed by atoms with Crippen molar-refractivity contribution in [3.05, 3.63) is 84.1 Å². The van der Waals surface area contributed by atoms with Crippen LogP contribution in [0.25, 0.3) is 11.0 Å². The highest BCUT2D eigenvalue weighted by atomic mass is 32.2. The molecule has 5 rings (SSSR count). The van der Waals surface area contributed by atoms with Gasteiger partial charge in [-0.15, -0.1) is 0 Å². The quantitative estimate of drug-likeness (QED) is 0.331. The third-order valence-electron chi connectivity index (χ3n) is 7.07. The van der Waals surface area contributed by atoms with Crippen LogP contribution in [0.4, 0.5) is 14.6 Å². The van der Waals surface area contributed by atoms with Crippen LogP contribution in [0.3, 0.4) is 0 Å². The van der Waals surface area contributed by atoms with Crippen LogP contribution in [0, 0.1) is 6.92 Å². The minimum Gasteiger partial charge on any atom is -0.356 e. The van der Waals surface area contributed by atoms with E-state index in [0.29, 0.717) is 48.3 Å². The number of pyridine rings is 1. The minimum absolute atomic E-state index is 0.0692. The van der Waals surface area contributed by atoms with E-state index in [9.17, 15) is 17.2 Å². The number of rotatable bonds is 8. The monoisotopic (exact) mass is 540 g/mol. The van der Waals surface area contributed by atoms with E-state index in [2.05, 4.69) is 15.0 Å². The van der Waals surface area contributed by atoms with E-state index in [-0.39, 0.29) is 24.0 Å². The first-order chi connectivity index (χ1) is 18.1. The molecule has 1 aliphatic rings. The largest absolute Gasteiger partial charge is 0.356 e. The second-order valence-corrected chi connectivity index (χ2v) is 11.7. The lowest BCUT2D eigenvalue weighted by Crippen LogP contribution is -2.46. The number of aryl methyl sites for hydroxylation is 1. The number of anilines is 1. The van der Waals surface area contributed by atoms with E-state index in [4.69, 9.17) is 0 Å². The molecule has 0 radical (unpaired) electrons. The predicted molar refractivity (Wildman–Crippen MR) is 143 cm³/mol. The highest BCUT2D eigenvalue weighted by Gasteiger charge is 2.37. The zero-order valence-corrected chi connectivity index (χ0v) is 22.2. The van der Waals surface area contributed by atoms with Gasteiger partial charge in [-0.2, -0.15) is 8.78 Å². The van der Waals surface area contributed by atoms with Crippen LogP contribution in [-0.2, 0) is 21.7 Å². The molecule has 38 heavy (non-hydrogen) atoms. The lowest BCUT2D eigenvalue weighted by Gasteiger charge is -2.38. The van der Waals surface area contributed by atoms with Gasteiger partial charge in [0, 0.05) is 38.6 Å². The summed E-state index contributed by atoms with van der Waals surface area (Å²) in [6.45, 7) is 2.47. The Bertz CT molecular complexity index is 1500. The van der Waals surface area contributed by atoms with Crippen LogP contribution in [0.5, 0.6) is 0 Å². The fourth-order valence-electron chi connectivity index (χ4n) is 4.96. The average molecular weight is 541 g/mol. The Morgan fingerprint density at radius 2 is 1.76 bits per heavy atom. The van der Waals surface area contributed by atoms with Gasteiger partial charge in [0.05, 0.1) is 17.7 Å². The van der Waals surface area contributed by atoms with Crippen LogP contribution >= 0.6 is 0 Å². The molecule has 0 atom stereocenters. The van der Waals surface area contributed by atoms with Crippen LogP contribution in [0.1, 0.15) is 29.7 Å². The number of likely N-dealkylation sites (tertiary alicyclic amines) is 1. The molecule has 0 unspecified atom stereocenters. The SMILES string of the molecule is Cc1ccc(C(F)(F)CN2CCC(N(C)c3ncnc4c3ccn4S(=O)(=O)Cc3ccccc3)CC2)nc1. The van der Waals surface area contributed by atoms with Crippen LogP contribution in [0.2, 0.25) is 0 Å². The van der Waals surface area contributed by atoms with Gasteiger partial charge < -0.3 is 4.90 Å². The van der Waals surface area contributed by atoms with E-state index in [0.717, 1.165) is 5.56 Å². The molecular weight excluding hydrogens is 510 g/mol. The van der Waals surface area contributed by atoms with E-state index in [1.165, 1.54) is 28.8 Å². The first-order valence-corrected chi connectivity index (χ1v) is 14.1. The molecule has 200 valence electrons. The van der Waals surface area contributed by atoms with Gasteiger partial charge in [-0.1, -0.05) is 36.4 Å². The zero-order valence-electron chi connectivity index (χ0n) is 21.3. The summed E-state index contributed by atoms with van der Waals surface area (Å²) in [5, 5.41) is 0.631. The number of hydrogen-bond donors (Lipinski definition) is 0. The summed E-state index contributed by atoms with van der Waals surface area (Å²) in [6, 6.07) is 13.8. The van der Waals surface area contributed by atoms with Crippen LogP contribution in [0.15, 0.2) is 67.3 Å². The number of hydrogen-bond acceptors (Lipinski definition) is 7. The third kappa shape index (κ3) is 5.39. The molecule has 0 aliphatic carbocycles. The van der Waals surface area contributed by atoms with Gasteiger partial charge in [-0.25, -0.2) is 22.4 Å². The number of piperidine rings is 1. The van der Waals surface area contributed by atoms with Crippen molar-refractivity contribution in [1.82, 2.24) is 23.8 Å². The average Bonchev–Trinajstić information content (AvgIpc) is 3.35. The number of fused-ring (bicyclic) bond motifs is 1. The third-order valence-corrected chi connectivity index (χ3v) is 8.66. The van der Waals surface area contributed by atoms with Crippen molar-refractivity contribution in [2.75, 3.05) is 31.6 Å². The first kappa shape index (κ1) is 26.2. The summed E-state index contributed by atoms with van der Waals surface area (Å²) < 4.78 is 57.1. The predicted octanol–water partition coefficient (Wildman–Crippen LogP) is 4.21. The molecule has 1 saturated heterocycles. The summed E-state index contributed by atoms with van der Waals surface area (Å²) in [4.78, 5) is 16.4. The van der Waals surface area contributed by atoms with Crippen molar-refractivity contribution < 1.29 is 17.2 Å². The molecule has 4 aromatic rings. The molecule has 11 heteroatoms. The van der Waals surface area contributed by atoms with E-state index < -0.39 is 15.9 Å². The lowest BCUT2D eigenvalue weighted by molar-refractivity contribution is -0.0461. The van der Waals surface area contributed by atoms with Gasteiger partial charge in [0.1, 0.15) is 17.8 Å². The van der Waals surface area contributed by atoms with Crippen LogP contribution < -0.4 is 4.90 Å². The Morgan fingerprint density at radius 1 is 1.03 bits per heavy atom. The van der Waals surface area contributed by atoms with Gasteiger partial charge in [0.2, 0.25) is 10.0 Å². The van der Waals surface area contributed by atoms with Gasteiger partial charge in [0.25, 0.3) is 0 Å². The van der Waals surface area contributed by atoms with Crippen molar-refractivity contribution in [2.24, 2.45) is 0 Å². The van der Waals surface area contributed by atoms with Gasteiger partial charge >= 0.3 is 5.92 Å². The Balaban J connectivity index is 1.28. The Hall–Kier alpha value is -3.44. The van der Waals surface area contributed by atoms with Crippen LogP contribution in [-0.4, -0.2) is 65.0 Å². The maximum atomic E-state index is 14.8. The molecule has 3 aromatic heterocycles. The Morgan fingerprint density at radius 3 is 2.45 bits per heavy atom. The molecule has 1 fully saturated rings. The zero-order chi connectivity index (χ0) is 26.9. The Kier molecular flexibility index (Phi) is 7.15. The van der Waals surface area contributed by atoms with Crippen molar-refractivity contribution in [2.45, 2.75) is 37.5 Å². The van der Waals surface area contributed by atoms with Gasteiger partial charge in [-0.05, 0) is 43.0 Å². The molecular formula is C27H30F2N6O2S. The van der Waals surface area contributed by atoms with Crippen molar-refractivity contribution in [1.29, 1.82) is 0 Å². The fraction of sp³-hybridized carbons (Fsp3) is 0.370. The second-order valence-electron chi connectivity index (χ2n) is 9.83. The maximum absolute atomic E-state index is 14.8. The van der Waals surface area contributed by atoms with Crippen molar-refractivity contribution in [3.63, 3.8) is 0 Å². The number of alkyl halides is 2. The number of nitrogens with zero attached hydrogens (tertiary/aromatic N) is 6. The Labute approximate surface area is 221 Å². The van der Waals surface area contributed by atoms with Crippen molar-refractivity contribution in [3.8, 4) is 0 Å². The maximum Gasteiger partial charge on any atom is 0.302 e. The molecule has 8 nitrogen and oxygen atoms in total. The number of benzene rings is 1. The first-order valence-electron chi connectivity index (χ1n) is 12.5. The van der Waals surface area contributed by atoms with Gasteiger partial charge in [-0.3, -0.25) is 9.88 Å². The molecule has 0 bridgehead atoms. The molecule has 0 spiro atoms. The normalized spacial score (nSPS) is 15.7. The summed E-state index contributed by atoms with van der Waals surface area (Å²) >= 11 is 0. The summed E-state index contributed by atoms with van der Waals surface area (Å²) in [5.41, 5.74) is 1.64. The molecule has 0 N–H and O–H groups in total. The standard InChI is InChI=1S/C27H30F2N6O2S/c1-20-8-9-24(30-16-20)27(28,29)18-34-13-10-22(11-14-34)33(2)25-23-12-15-35(26(23)32-19-31-25)38(36,37)17-21-6-4-3-5-7-21/h3-9,12,15-16,19,22H,10-11,13-14,17-18H2,1-2H3. The minimum atomic E-state index is -3.69. The molecule has 1 aromatic carbocycles. The molecule has 0 saturated carbocycles. The fourth-order valence-corrected chi connectivity index (χ4v) is 6.37. The van der Waals surface area contributed by atoms with Gasteiger partial charge in [0.15, 0.2) is 5.65 Å².